The Morgan fingerprint density at radius 2 is 1.87 bits per heavy atom. The Balaban J connectivity index is 0.000000448. The number of carbonyl (C=O) groups is 1. The van der Waals surface area contributed by atoms with E-state index in [-0.39, 0.29) is 29.3 Å². The first-order chi connectivity index (χ1) is 18.4. The summed E-state index contributed by atoms with van der Waals surface area (Å²) in [6, 6.07) is 2.54. The number of carboxylic acids is 1. The summed E-state index contributed by atoms with van der Waals surface area (Å²) >= 11 is 0. The SMILES string of the molecule is Cc1c(OC2CN(C(C)c3nc4c(cnn4C4CCOCC4)c(=O)[nH]3)C2)ccc(F)c1F.O=C(O)C(F)(F)F. The summed E-state index contributed by atoms with van der Waals surface area (Å²) in [4.78, 5) is 31.3. The molecule has 4 heterocycles. The number of halogens is 5. The van der Waals surface area contributed by atoms with E-state index in [0.717, 1.165) is 18.9 Å². The zero-order chi connectivity index (χ0) is 28.5. The topological polar surface area (TPSA) is 123 Å². The predicted octanol–water partition coefficient (Wildman–Crippen LogP) is 3.52. The van der Waals surface area contributed by atoms with E-state index >= 15 is 0 Å². The molecule has 3 aromatic rings. The Labute approximate surface area is 218 Å². The number of benzene rings is 1. The van der Waals surface area contributed by atoms with E-state index in [1.165, 1.54) is 13.0 Å². The van der Waals surface area contributed by atoms with Gasteiger partial charge in [-0.2, -0.15) is 18.3 Å². The minimum absolute atomic E-state index is 0.143. The molecule has 0 spiro atoms. The van der Waals surface area contributed by atoms with Crippen LogP contribution < -0.4 is 10.3 Å². The molecule has 5 rings (SSSR count). The van der Waals surface area contributed by atoms with Crippen LogP contribution in [0.3, 0.4) is 0 Å². The number of fused-ring (bicyclic) bond motifs is 1. The Morgan fingerprint density at radius 1 is 1.23 bits per heavy atom. The van der Waals surface area contributed by atoms with Gasteiger partial charge in [0.15, 0.2) is 17.3 Å². The average Bonchev–Trinajstić information content (AvgIpc) is 3.30. The minimum Gasteiger partial charge on any atom is -0.487 e. The molecule has 0 bridgehead atoms. The Morgan fingerprint density at radius 3 is 2.49 bits per heavy atom. The molecule has 2 saturated heterocycles. The Kier molecular flexibility index (Phi) is 8.20. The first kappa shape index (κ1) is 28.4. The molecule has 2 aliphatic heterocycles. The number of nitrogens with zero attached hydrogens (tertiary/aromatic N) is 4. The number of ether oxygens (including phenoxy) is 2. The molecule has 0 amide bonds. The smallest absolute Gasteiger partial charge is 0.487 e. The van der Waals surface area contributed by atoms with Crippen molar-refractivity contribution in [1.82, 2.24) is 24.6 Å². The molecule has 1 atom stereocenters. The maximum Gasteiger partial charge on any atom is 0.490 e. The lowest BCUT2D eigenvalue weighted by Crippen LogP contribution is -2.54. The van der Waals surface area contributed by atoms with Gasteiger partial charge in [-0.05, 0) is 38.8 Å². The van der Waals surface area contributed by atoms with Crippen molar-refractivity contribution in [3.05, 3.63) is 51.7 Å². The van der Waals surface area contributed by atoms with E-state index in [4.69, 9.17) is 24.4 Å². The largest absolute Gasteiger partial charge is 0.490 e. The monoisotopic (exact) mass is 559 g/mol. The highest BCUT2D eigenvalue weighted by Gasteiger charge is 2.38. The highest BCUT2D eigenvalue weighted by atomic mass is 19.4. The summed E-state index contributed by atoms with van der Waals surface area (Å²) in [6.07, 6.45) is -1.98. The van der Waals surface area contributed by atoms with Crippen LogP contribution in [0.5, 0.6) is 5.75 Å². The molecule has 39 heavy (non-hydrogen) atoms. The van der Waals surface area contributed by atoms with Crippen molar-refractivity contribution in [3.8, 4) is 5.75 Å². The molecule has 2 aliphatic rings. The first-order valence-corrected chi connectivity index (χ1v) is 12.1. The molecule has 212 valence electrons. The first-order valence-electron chi connectivity index (χ1n) is 12.1. The van der Waals surface area contributed by atoms with Gasteiger partial charge in [-0.25, -0.2) is 23.2 Å². The van der Waals surface area contributed by atoms with Crippen molar-refractivity contribution in [1.29, 1.82) is 0 Å². The summed E-state index contributed by atoms with van der Waals surface area (Å²) in [5.74, 6) is -3.62. The summed E-state index contributed by atoms with van der Waals surface area (Å²) in [5.41, 5.74) is 0.545. The fraction of sp³-hybridized carbons (Fsp3) is 0.500. The number of hydrogen-bond donors (Lipinski definition) is 2. The van der Waals surface area contributed by atoms with Crippen LogP contribution in [-0.2, 0) is 9.53 Å². The quantitative estimate of drug-likeness (QED) is 0.456. The van der Waals surface area contributed by atoms with Crippen LogP contribution in [-0.4, -0.2) is 74.3 Å². The van der Waals surface area contributed by atoms with Crippen molar-refractivity contribution >= 4 is 17.0 Å². The number of likely N-dealkylation sites (tertiary alicyclic amines) is 1. The molecule has 0 saturated carbocycles. The number of alkyl halides is 3. The van der Waals surface area contributed by atoms with Crippen molar-refractivity contribution in [2.45, 2.75) is 51.1 Å². The van der Waals surface area contributed by atoms with Gasteiger partial charge < -0.3 is 19.6 Å². The van der Waals surface area contributed by atoms with Gasteiger partial charge in [0.1, 0.15) is 23.1 Å². The van der Waals surface area contributed by atoms with E-state index in [2.05, 4.69) is 15.0 Å². The van der Waals surface area contributed by atoms with Gasteiger partial charge >= 0.3 is 12.1 Å². The van der Waals surface area contributed by atoms with Gasteiger partial charge in [-0.3, -0.25) is 9.69 Å². The second-order valence-electron chi connectivity index (χ2n) is 9.28. The number of aromatic amines is 1. The molecular weight excluding hydrogens is 533 g/mol. The third-order valence-electron chi connectivity index (χ3n) is 6.66. The van der Waals surface area contributed by atoms with E-state index < -0.39 is 23.8 Å². The van der Waals surface area contributed by atoms with Gasteiger partial charge in [0.2, 0.25) is 0 Å². The number of aromatic nitrogens is 4. The van der Waals surface area contributed by atoms with Gasteiger partial charge in [0, 0.05) is 31.9 Å². The van der Waals surface area contributed by atoms with Crippen LogP contribution in [0, 0.1) is 18.6 Å². The normalized spacial score (nSPS) is 17.8. The second-order valence-corrected chi connectivity index (χ2v) is 9.28. The summed E-state index contributed by atoms with van der Waals surface area (Å²) in [5, 5.41) is 12.0. The molecule has 1 unspecified atom stereocenters. The number of H-pyrrole nitrogens is 1. The lowest BCUT2D eigenvalue weighted by Gasteiger charge is -2.42. The lowest BCUT2D eigenvalue weighted by atomic mass is 10.1. The molecule has 1 aromatic carbocycles. The number of aliphatic carboxylic acids is 1. The number of nitrogens with one attached hydrogen (secondary N) is 1. The highest BCUT2D eigenvalue weighted by molar-refractivity contribution is 5.73. The van der Waals surface area contributed by atoms with Crippen molar-refractivity contribution in [3.63, 3.8) is 0 Å². The molecule has 2 fully saturated rings. The fourth-order valence-electron chi connectivity index (χ4n) is 4.32. The summed E-state index contributed by atoms with van der Waals surface area (Å²) in [6.45, 7) is 5.98. The van der Waals surface area contributed by atoms with Gasteiger partial charge in [0.25, 0.3) is 5.56 Å². The maximum absolute atomic E-state index is 13.8. The average molecular weight is 559 g/mol. The summed E-state index contributed by atoms with van der Waals surface area (Å²) < 4.78 is 72.0. The van der Waals surface area contributed by atoms with Gasteiger partial charge in [0.05, 0.1) is 18.3 Å². The van der Waals surface area contributed by atoms with Crippen molar-refractivity contribution < 1.29 is 41.3 Å². The number of carboxylic acid groups (broad SMARTS) is 1. The molecule has 2 N–H and O–H groups in total. The minimum atomic E-state index is -5.08. The fourth-order valence-corrected chi connectivity index (χ4v) is 4.32. The zero-order valence-electron chi connectivity index (χ0n) is 21.0. The molecule has 2 aromatic heterocycles. The third kappa shape index (κ3) is 6.19. The van der Waals surface area contributed by atoms with Gasteiger partial charge in [-0.15, -0.1) is 0 Å². The van der Waals surface area contributed by atoms with Crippen LogP contribution in [0.25, 0.3) is 11.0 Å². The van der Waals surface area contributed by atoms with Crippen LogP contribution in [0.1, 0.15) is 43.2 Å². The van der Waals surface area contributed by atoms with Crippen LogP contribution >= 0.6 is 0 Å². The van der Waals surface area contributed by atoms with Crippen molar-refractivity contribution in [2.24, 2.45) is 0 Å². The van der Waals surface area contributed by atoms with E-state index in [1.54, 1.807) is 6.20 Å². The predicted molar refractivity (Wildman–Crippen MR) is 126 cm³/mol. The molecular formula is C24H26F5N5O5. The lowest BCUT2D eigenvalue weighted by molar-refractivity contribution is -0.192. The van der Waals surface area contributed by atoms with Crippen molar-refractivity contribution in [2.75, 3.05) is 26.3 Å². The molecule has 15 heteroatoms. The standard InChI is InChI=1S/C22H25F2N5O3.C2HF3O2/c1-12-18(4-3-17(23)19(12)24)32-15-10-28(11-15)13(2)20-26-21-16(22(30)27-20)9-25-29(21)14-5-7-31-8-6-14;3-2(4,5)1(6)7/h3-4,9,13-15H,5-8,10-11H2,1-2H3,(H,26,27,30);(H,6,7). The maximum atomic E-state index is 13.8. The van der Waals surface area contributed by atoms with E-state index in [0.29, 0.717) is 48.9 Å². The van der Waals surface area contributed by atoms with Crippen LogP contribution in [0.2, 0.25) is 0 Å². The Bertz CT molecular complexity index is 1400. The van der Waals surface area contributed by atoms with E-state index in [9.17, 15) is 26.7 Å². The Hall–Kier alpha value is -3.59. The van der Waals surface area contributed by atoms with Gasteiger partial charge in [-0.1, -0.05) is 0 Å². The molecule has 0 radical (unpaired) electrons. The second kappa shape index (κ2) is 11.3. The zero-order valence-corrected chi connectivity index (χ0v) is 21.0. The number of rotatable bonds is 5. The van der Waals surface area contributed by atoms with E-state index in [1.807, 2.05) is 11.6 Å². The summed E-state index contributed by atoms with van der Waals surface area (Å²) in [7, 11) is 0. The molecule has 0 aliphatic carbocycles. The third-order valence-corrected chi connectivity index (χ3v) is 6.66. The molecule has 10 nitrogen and oxygen atoms in total. The highest BCUT2D eigenvalue weighted by Crippen LogP contribution is 2.30. The van der Waals surface area contributed by atoms with Crippen LogP contribution in [0.15, 0.2) is 23.1 Å². The number of hydrogen-bond acceptors (Lipinski definition) is 7. The van der Waals surface area contributed by atoms with Crippen LogP contribution in [0.4, 0.5) is 22.0 Å².